The maximum atomic E-state index is 13.6. The Bertz CT molecular complexity index is 914. The summed E-state index contributed by atoms with van der Waals surface area (Å²) in [5.41, 5.74) is 1.41. The second-order valence-electron chi connectivity index (χ2n) is 7.69. The number of carbonyl (C=O) groups is 2. The van der Waals surface area contributed by atoms with E-state index in [4.69, 9.17) is 27.7 Å². The molecule has 1 aliphatic carbocycles. The molecule has 0 unspecified atom stereocenters. The van der Waals surface area contributed by atoms with Crippen LogP contribution in [-0.4, -0.2) is 33.8 Å². The van der Waals surface area contributed by atoms with Gasteiger partial charge in [-0.2, -0.15) is 0 Å². The van der Waals surface area contributed by atoms with Crippen LogP contribution in [0.3, 0.4) is 0 Å². The number of benzene rings is 1. The molecule has 3 heterocycles. The Kier molecular flexibility index (Phi) is 4.06. The van der Waals surface area contributed by atoms with Crippen LogP contribution >= 0.6 is 23.2 Å². The van der Waals surface area contributed by atoms with E-state index < -0.39 is 0 Å². The second kappa shape index (κ2) is 6.35. The van der Waals surface area contributed by atoms with Crippen molar-refractivity contribution < 1.29 is 14.1 Å². The van der Waals surface area contributed by atoms with Crippen LogP contribution in [0.2, 0.25) is 10.0 Å². The minimum atomic E-state index is -0.107. The fourth-order valence-electron chi connectivity index (χ4n) is 4.46. The van der Waals surface area contributed by atoms with E-state index in [1.165, 1.54) is 0 Å². The lowest BCUT2D eigenvalue weighted by Crippen LogP contribution is -2.47. The Morgan fingerprint density at radius 3 is 2.30 bits per heavy atom. The van der Waals surface area contributed by atoms with E-state index in [2.05, 4.69) is 5.16 Å². The summed E-state index contributed by atoms with van der Waals surface area (Å²) in [7, 11) is 0. The number of fused-ring (bicyclic) bond motifs is 2. The van der Waals surface area contributed by atoms with Crippen LogP contribution in [0.25, 0.3) is 11.3 Å². The Hall–Kier alpha value is -1.85. The third-order valence-corrected chi connectivity index (χ3v) is 6.49. The minimum Gasteiger partial charge on any atom is -0.360 e. The van der Waals surface area contributed by atoms with E-state index in [0.29, 0.717) is 45.5 Å². The number of ketones is 1. The molecule has 140 valence electrons. The smallest absolute Gasteiger partial charge is 0.260 e. The van der Waals surface area contributed by atoms with Gasteiger partial charge in [0.25, 0.3) is 5.91 Å². The van der Waals surface area contributed by atoms with Crippen molar-refractivity contribution >= 4 is 34.9 Å². The van der Waals surface area contributed by atoms with E-state index >= 15 is 0 Å². The number of nitrogens with zero attached hydrogens (tertiary/aromatic N) is 2. The van der Waals surface area contributed by atoms with Gasteiger partial charge in [0.2, 0.25) is 0 Å². The highest BCUT2D eigenvalue weighted by Gasteiger charge is 2.46. The van der Waals surface area contributed by atoms with E-state index in [-0.39, 0.29) is 29.7 Å². The third kappa shape index (κ3) is 2.79. The first-order valence-electron chi connectivity index (χ1n) is 9.33. The molecule has 0 radical (unpaired) electrons. The van der Waals surface area contributed by atoms with Gasteiger partial charge in [0.1, 0.15) is 17.0 Å². The summed E-state index contributed by atoms with van der Waals surface area (Å²) in [6.07, 6.45) is 4.58. The molecule has 5 rings (SSSR count). The van der Waals surface area contributed by atoms with Gasteiger partial charge in [-0.3, -0.25) is 9.59 Å². The standard InChI is InChI=1S/C20H18Cl2N2O3/c21-14-2-1-3-15(22)16(14)18-17(19(27-23-18)10-4-5-10)20(26)24-11-6-7-12(24)9-13(25)8-11/h1-3,10-12H,4-9H2/t11-,12+. The molecule has 27 heavy (non-hydrogen) atoms. The van der Waals surface area contributed by atoms with Crippen molar-refractivity contribution in [1.82, 2.24) is 10.1 Å². The molecule has 1 aromatic carbocycles. The average Bonchev–Trinajstić information content (AvgIpc) is 3.32. The maximum Gasteiger partial charge on any atom is 0.260 e. The van der Waals surface area contributed by atoms with Crippen molar-refractivity contribution in [2.45, 2.75) is 56.5 Å². The predicted octanol–water partition coefficient (Wildman–Crippen LogP) is 4.86. The molecule has 2 aliphatic heterocycles. The topological polar surface area (TPSA) is 63.4 Å². The summed E-state index contributed by atoms with van der Waals surface area (Å²) >= 11 is 12.8. The van der Waals surface area contributed by atoms with Crippen LogP contribution in [0.15, 0.2) is 22.7 Å². The second-order valence-corrected chi connectivity index (χ2v) is 8.50. The Morgan fingerprint density at radius 2 is 1.70 bits per heavy atom. The van der Waals surface area contributed by atoms with Gasteiger partial charge in [0.15, 0.2) is 5.76 Å². The number of rotatable bonds is 3. The van der Waals surface area contributed by atoms with Crippen LogP contribution in [0.1, 0.15) is 60.6 Å². The fourth-order valence-corrected chi connectivity index (χ4v) is 5.04. The first kappa shape index (κ1) is 17.3. The highest BCUT2D eigenvalue weighted by atomic mass is 35.5. The van der Waals surface area contributed by atoms with Crippen LogP contribution in [0, 0.1) is 0 Å². The molecule has 3 aliphatic rings. The summed E-state index contributed by atoms with van der Waals surface area (Å²) in [5.74, 6) is 0.982. The highest BCUT2D eigenvalue weighted by molar-refractivity contribution is 6.39. The van der Waals surface area contributed by atoms with E-state index in [1.54, 1.807) is 18.2 Å². The fraction of sp³-hybridized carbons (Fsp3) is 0.450. The van der Waals surface area contributed by atoms with Crippen molar-refractivity contribution in [3.05, 3.63) is 39.6 Å². The van der Waals surface area contributed by atoms with Gasteiger partial charge in [0.05, 0.1) is 10.0 Å². The molecule has 1 saturated carbocycles. The first-order chi connectivity index (χ1) is 13.0. The number of halogens is 2. The zero-order chi connectivity index (χ0) is 18.7. The lowest BCUT2D eigenvalue weighted by atomic mass is 9.97. The number of amides is 1. The molecule has 0 spiro atoms. The molecule has 2 bridgehead atoms. The van der Waals surface area contributed by atoms with Gasteiger partial charge in [-0.05, 0) is 37.8 Å². The summed E-state index contributed by atoms with van der Waals surface area (Å²) in [6.45, 7) is 0. The molecule has 1 aromatic heterocycles. The lowest BCUT2D eigenvalue weighted by molar-refractivity contribution is -0.122. The zero-order valence-corrected chi connectivity index (χ0v) is 16.1. The zero-order valence-electron chi connectivity index (χ0n) is 14.6. The average molecular weight is 405 g/mol. The number of hydrogen-bond acceptors (Lipinski definition) is 4. The molecule has 5 nitrogen and oxygen atoms in total. The molecule has 7 heteroatoms. The van der Waals surface area contributed by atoms with Gasteiger partial charge in [0, 0.05) is 36.4 Å². The van der Waals surface area contributed by atoms with E-state index in [9.17, 15) is 9.59 Å². The summed E-state index contributed by atoms with van der Waals surface area (Å²) in [6, 6.07) is 5.16. The lowest BCUT2D eigenvalue weighted by Gasteiger charge is -2.34. The van der Waals surface area contributed by atoms with Crippen molar-refractivity contribution in [1.29, 1.82) is 0 Å². The number of carbonyl (C=O) groups excluding carboxylic acids is 2. The van der Waals surface area contributed by atoms with Gasteiger partial charge < -0.3 is 9.42 Å². The van der Waals surface area contributed by atoms with Gasteiger partial charge in [-0.25, -0.2) is 0 Å². The molecule has 1 amide bonds. The molecular formula is C20H18Cl2N2O3. The summed E-state index contributed by atoms with van der Waals surface area (Å²) in [5, 5.41) is 5.08. The SMILES string of the molecule is O=C1C[C@H]2CC[C@@H](C1)N2C(=O)c1c(-c2c(Cl)cccc2Cl)noc1C1CC1. The molecular weight excluding hydrogens is 387 g/mol. The first-order valence-corrected chi connectivity index (χ1v) is 10.1. The molecule has 0 N–H and O–H groups in total. The molecule has 3 fully saturated rings. The van der Waals surface area contributed by atoms with E-state index in [0.717, 1.165) is 25.7 Å². The maximum absolute atomic E-state index is 13.6. The van der Waals surface area contributed by atoms with Crippen molar-refractivity contribution in [3.8, 4) is 11.3 Å². The van der Waals surface area contributed by atoms with Crippen LogP contribution in [-0.2, 0) is 4.79 Å². The number of Topliss-reactive ketones (excluding diaryl/α,β-unsaturated/α-hetero) is 1. The quantitative estimate of drug-likeness (QED) is 0.732. The largest absolute Gasteiger partial charge is 0.360 e. The molecule has 2 aromatic rings. The minimum absolute atomic E-state index is 0.0275. The van der Waals surface area contributed by atoms with Crippen LogP contribution in [0.4, 0.5) is 0 Å². The number of aromatic nitrogens is 1. The van der Waals surface area contributed by atoms with Gasteiger partial charge in [-0.15, -0.1) is 0 Å². The number of piperidine rings is 1. The predicted molar refractivity (Wildman–Crippen MR) is 101 cm³/mol. The van der Waals surface area contributed by atoms with Gasteiger partial charge in [-0.1, -0.05) is 34.4 Å². The Morgan fingerprint density at radius 1 is 1.07 bits per heavy atom. The van der Waals surface area contributed by atoms with E-state index in [1.807, 2.05) is 4.90 Å². The normalized spacial score (nSPS) is 24.5. The molecule has 2 atom stereocenters. The van der Waals surface area contributed by atoms with Gasteiger partial charge >= 0.3 is 0 Å². The van der Waals surface area contributed by atoms with Crippen LogP contribution < -0.4 is 0 Å². The van der Waals surface area contributed by atoms with Crippen LogP contribution in [0.5, 0.6) is 0 Å². The highest BCUT2D eigenvalue weighted by Crippen LogP contribution is 2.47. The Labute approximate surface area is 166 Å². The summed E-state index contributed by atoms with van der Waals surface area (Å²) < 4.78 is 5.63. The molecule has 2 saturated heterocycles. The number of hydrogen-bond donors (Lipinski definition) is 0. The summed E-state index contributed by atoms with van der Waals surface area (Å²) in [4.78, 5) is 27.4. The Balaban J connectivity index is 1.62. The van der Waals surface area contributed by atoms with Crippen molar-refractivity contribution in [2.24, 2.45) is 0 Å². The third-order valence-electron chi connectivity index (χ3n) is 5.86. The van der Waals surface area contributed by atoms with Crippen molar-refractivity contribution in [3.63, 3.8) is 0 Å². The monoisotopic (exact) mass is 404 g/mol. The van der Waals surface area contributed by atoms with Crippen molar-refractivity contribution in [2.75, 3.05) is 0 Å².